The van der Waals surface area contributed by atoms with E-state index in [9.17, 15) is 4.79 Å². The van der Waals surface area contributed by atoms with Crippen LogP contribution in [0.25, 0.3) is 0 Å². The van der Waals surface area contributed by atoms with E-state index in [1.54, 1.807) is 0 Å². The molecule has 86 valence electrons. The molecular weight excluding hydrogens is 190 g/mol. The van der Waals surface area contributed by atoms with Crippen LogP contribution in [0.2, 0.25) is 0 Å². The van der Waals surface area contributed by atoms with Gasteiger partial charge in [-0.2, -0.15) is 0 Å². The summed E-state index contributed by atoms with van der Waals surface area (Å²) in [6.45, 7) is 4.64. The van der Waals surface area contributed by atoms with Crippen molar-refractivity contribution in [2.45, 2.75) is 45.1 Å². The minimum absolute atomic E-state index is 0.344. The molecule has 2 unspecified atom stereocenters. The average molecular weight is 211 g/mol. The van der Waals surface area contributed by atoms with E-state index < -0.39 is 5.97 Å². The lowest BCUT2D eigenvalue weighted by Crippen LogP contribution is -2.32. The van der Waals surface area contributed by atoms with E-state index in [0.717, 1.165) is 24.9 Å². The highest BCUT2D eigenvalue weighted by molar-refractivity contribution is 5.66. The number of carbonyl (C=O) groups is 1. The van der Waals surface area contributed by atoms with Gasteiger partial charge in [-0.25, -0.2) is 0 Å². The fourth-order valence-electron chi connectivity index (χ4n) is 2.67. The highest BCUT2D eigenvalue weighted by Gasteiger charge is 2.35. The van der Waals surface area contributed by atoms with Gasteiger partial charge >= 0.3 is 5.97 Å². The van der Waals surface area contributed by atoms with E-state index in [2.05, 4.69) is 11.8 Å². The van der Waals surface area contributed by atoms with Crippen LogP contribution >= 0.6 is 0 Å². The molecule has 3 nitrogen and oxygen atoms in total. The van der Waals surface area contributed by atoms with E-state index in [1.165, 1.54) is 25.8 Å². The lowest BCUT2D eigenvalue weighted by molar-refractivity contribution is -0.137. The monoisotopic (exact) mass is 211 g/mol. The number of nitrogens with zero attached hydrogens (tertiary/aromatic N) is 1. The van der Waals surface area contributed by atoms with Gasteiger partial charge in [-0.15, -0.1) is 0 Å². The molecule has 0 bridgehead atoms. The van der Waals surface area contributed by atoms with Gasteiger partial charge in [-0.05, 0) is 51.0 Å². The molecule has 0 radical (unpaired) electrons. The summed E-state index contributed by atoms with van der Waals surface area (Å²) in [5.41, 5.74) is 0. The Kier molecular flexibility index (Phi) is 3.29. The topological polar surface area (TPSA) is 40.5 Å². The molecule has 1 saturated heterocycles. The minimum atomic E-state index is -0.649. The number of hydrogen-bond acceptors (Lipinski definition) is 2. The molecule has 2 aliphatic rings. The van der Waals surface area contributed by atoms with Crippen molar-refractivity contribution in [1.82, 2.24) is 4.90 Å². The molecule has 0 amide bonds. The summed E-state index contributed by atoms with van der Waals surface area (Å²) in [6.07, 6.45) is 5.21. The van der Waals surface area contributed by atoms with Gasteiger partial charge in [0.25, 0.3) is 0 Å². The van der Waals surface area contributed by atoms with Crippen LogP contribution in [0.5, 0.6) is 0 Å². The molecule has 2 rings (SSSR count). The predicted octanol–water partition coefficient (Wildman–Crippen LogP) is 1.97. The molecule has 2 fully saturated rings. The molecule has 1 N–H and O–H groups in total. The summed E-state index contributed by atoms with van der Waals surface area (Å²) in [6, 6.07) is 0.736. The smallest absolute Gasteiger partial charge is 0.303 e. The fourth-order valence-corrected chi connectivity index (χ4v) is 2.67. The third-order valence-corrected chi connectivity index (χ3v) is 3.96. The zero-order valence-electron chi connectivity index (χ0n) is 9.48. The summed E-state index contributed by atoms with van der Waals surface area (Å²) in [7, 11) is 0. The van der Waals surface area contributed by atoms with E-state index in [-0.39, 0.29) is 0 Å². The SMILES string of the molecule is CC(C1CC1)N1CCC(CCC(=O)O)C1. The van der Waals surface area contributed by atoms with Crippen LogP contribution in [0.3, 0.4) is 0 Å². The highest BCUT2D eigenvalue weighted by atomic mass is 16.4. The molecule has 0 spiro atoms. The van der Waals surface area contributed by atoms with Crippen molar-refractivity contribution in [3.63, 3.8) is 0 Å². The summed E-state index contributed by atoms with van der Waals surface area (Å²) in [4.78, 5) is 13.0. The van der Waals surface area contributed by atoms with Gasteiger partial charge in [-0.3, -0.25) is 4.79 Å². The van der Waals surface area contributed by atoms with Crippen molar-refractivity contribution in [1.29, 1.82) is 0 Å². The third-order valence-electron chi connectivity index (χ3n) is 3.96. The maximum atomic E-state index is 10.5. The second-order valence-electron chi connectivity index (χ2n) is 5.16. The van der Waals surface area contributed by atoms with Crippen LogP contribution < -0.4 is 0 Å². The maximum absolute atomic E-state index is 10.5. The van der Waals surface area contributed by atoms with Crippen molar-refractivity contribution in [2.24, 2.45) is 11.8 Å². The molecule has 0 aromatic rings. The average Bonchev–Trinajstić information content (AvgIpc) is 2.93. The molecule has 1 heterocycles. The zero-order chi connectivity index (χ0) is 10.8. The van der Waals surface area contributed by atoms with Crippen LogP contribution in [0.15, 0.2) is 0 Å². The van der Waals surface area contributed by atoms with Crippen LogP contribution in [-0.4, -0.2) is 35.1 Å². The zero-order valence-corrected chi connectivity index (χ0v) is 9.48. The predicted molar refractivity (Wildman–Crippen MR) is 58.7 cm³/mol. The van der Waals surface area contributed by atoms with Gasteiger partial charge < -0.3 is 10.0 Å². The van der Waals surface area contributed by atoms with Gasteiger partial charge in [0.15, 0.2) is 0 Å². The molecule has 15 heavy (non-hydrogen) atoms. The second-order valence-corrected chi connectivity index (χ2v) is 5.16. The largest absolute Gasteiger partial charge is 0.481 e. The van der Waals surface area contributed by atoms with Gasteiger partial charge in [-0.1, -0.05) is 0 Å². The summed E-state index contributed by atoms with van der Waals surface area (Å²) < 4.78 is 0. The van der Waals surface area contributed by atoms with E-state index in [1.807, 2.05) is 0 Å². The molecular formula is C12H21NO2. The molecule has 0 aromatic carbocycles. The lowest BCUT2D eigenvalue weighted by Gasteiger charge is -2.24. The Labute approximate surface area is 91.5 Å². The van der Waals surface area contributed by atoms with Crippen LogP contribution in [0.4, 0.5) is 0 Å². The standard InChI is InChI=1S/C12H21NO2/c1-9(11-3-4-11)13-7-6-10(8-13)2-5-12(14)15/h9-11H,2-8H2,1H3,(H,14,15). The number of hydrogen-bond donors (Lipinski definition) is 1. The molecule has 1 aliphatic carbocycles. The fraction of sp³-hybridized carbons (Fsp3) is 0.917. The third kappa shape index (κ3) is 2.94. The van der Waals surface area contributed by atoms with Crippen molar-refractivity contribution >= 4 is 5.97 Å². The Balaban J connectivity index is 1.71. The van der Waals surface area contributed by atoms with Gasteiger partial charge in [0.05, 0.1) is 0 Å². The number of rotatable bonds is 5. The number of aliphatic carboxylic acids is 1. The summed E-state index contributed by atoms with van der Waals surface area (Å²) in [5, 5.41) is 8.63. The highest BCUT2D eigenvalue weighted by Crippen LogP contribution is 2.37. The quantitative estimate of drug-likeness (QED) is 0.756. The van der Waals surface area contributed by atoms with E-state index in [0.29, 0.717) is 12.3 Å². The number of carboxylic acid groups (broad SMARTS) is 1. The Morgan fingerprint density at radius 3 is 2.80 bits per heavy atom. The van der Waals surface area contributed by atoms with Gasteiger partial charge in [0.1, 0.15) is 0 Å². The van der Waals surface area contributed by atoms with E-state index in [4.69, 9.17) is 5.11 Å². The van der Waals surface area contributed by atoms with Crippen LogP contribution in [-0.2, 0) is 4.79 Å². The first-order chi connectivity index (χ1) is 7.16. The van der Waals surface area contributed by atoms with Crippen molar-refractivity contribution in [2.75, 3.05) is 13.1 Å². The molecule has 1 aliphatic heterocycles. The molecule has 0 aromatic heterocycles. The Morgan fingerprint density at radius 1 is 1.47 bits per heavy atom. The van der Waals surface area contributed by atoms with Crippen LogP contribution in [0.1, 0.15) is 39.0 Å². The summed E-state index contributed by atoms with van der Waals surface area (Å²) >= 11 is 0. The summed E-state index contributed by atoms with van der Waals surface area (Å²) in [5.74, 6) is 0.911. The molecule has 1 saturated carbocycles. The normalized spacial score (nSPS) is 29.3. The Bertz CT molecular complexity index is 238. The number of carboxylic acids is 1. The molecule has 2 atom stereocenters. The maximum Gasteiger partial charge on any atom is 0.303 e. The van der Waals surface area contributed by atoms with Crippen LogP contribution in [0, 0.1) is 11.8 Å². The minimum Gasteiger partial charge on any atom is -0.481 e. The first kappa shape index (κ1) is 10.9. The second kappa shape index (κ2) is 4.52. The first-order valence-electron chi connectivity index (χ1n) is 6.12. The lowest BCUT2D eigenvalue weighted by atomic mass is 10.0. The Morgan fingerprint density at radius 2 is 2.20 bits per heavy atom. The van der Waals surface area contributed by atoms with Gasteiger partial charge in [0, 0.05) is 19.0 Å². The van der Waals surface area contributed by atoms with Crippen molar-refractivity contribution in [3.05, 3.63) is 0 Å². The van der Waals surface area contributed by atoms with E-state index >= 15 is 0 Å². The molecule has 3 heteroatoms. The van der Waals surface area contributed by atoms with Crippen molar-refractivity contribution in [3.8, 4) is 0 Å². The first-order valence-corrected chi connectivity index (χ1v) is 6.12. The van der Waals surface area contributed by atoms with Crippen molar-refractivity contribution < 1.29 is 9.90 Å². The number of likely N-dealkylation sites (tertiary alicyclic amines) is 1. The Hall–Kier alpha value is -0.570. The van der Waals surface area contributed by atoms with Gasteiger partial charge in [0.2, 0.25) is 0 Å².